The number of aromatic nitrogens is 3. The second-order valence-electron chi connectivity index (χ2n) is 3.77. The lowest BCUT2D eigenvalue weighted by atomic mass is 10.3. The Balaban J connectivity index is 1.71. The van der Waals surface area contributed by atoms with Gasteiger partial charge >= 0.3 is 0 Å². The molecule has 0 aliphatic heterocycles. The molecule has 0 fully saturated rings. The number of hydrogen-bond donors (Lipinski definition) is 2. The highest BCUT2D eigenvalue weighted by Gasteiger charge is 2.09. The van der Waals surface area contributed by atoms with Crippen LogP contribution in [0.3, 0.4) is 0 Å². The predicted molar refractivity (Wildman–Crippen MR) is 63.8 cm³/mol. The highest BCUT2D eigenvalue weighted by atomic mass is 16.5. The first-order valence-electron chi connectivity index (χ1n) is 5.45. The zero-order valence-corrected chi connectivity index (χ0v) is 9.38. The largest absolute Gasteiger partial charge is 0.364 e. The van der Waals surface area contributed by atoms with E-state index < -0.39 is 0 Å². The summed E-state index contributed by atoms with van der Waals surface area (Å²) in [6, 6.07) is 9.20. The Labute approximate surface area is 102 Å². The number of nitrogens with zero attached hydrogens (tertiary/aromatic N) is 2. The average Bonchev–Trinajstić information content (AvgIpc) is 3.04. The summed E-state index contributed by atoms with van der Waals surface area (Å²) >= 11 is 0. The highest BCUT2D eigenvalue weighted by molar-refractivity contribution is 5.91. The molecule has 2 N–H and O–H groups in total. The quantitative estimate of drug-likeness (QED) is 0.728. The van der Waals surface area contributed by atoms with Crippen LogP contribution < -0.4 is 5.32 Å². The van der Waals surface area contributed by atoms with Crippen LogP contribution in [0.4, 0.5) is 0 Å². The van der Waals surface area contributed by atoms with E-state index in [1.165, 1.54) is 12.3 Å². The van der Waals surface area contributed by atoms with Crippen molar-refractivity contribution in [3.8, 4) is 0 Å². The fourth-order valence-corrected chi connectivity index (χ4v) is 1.67. The number of para-hydroxylation sites is 2. The lowest BCUT2D eigenvalue weighted by Gasteiger charge is -1.98. The molecule has 0 saturated heterocycles. The van der Waals surface area contributed by atoms with Gasteiger partial charge in [0.25, 0.3) is 5.91 Å². The number of H-pyrrole nitrogens is 1. The number of carbonyl (C=O) groups is 1. The van der Waals surface area contributed by atoms with Gasteiger partial charge in [0.2, 0.25) is 0 Å². The molecule has 1 aromatic carbocycles. The molecule has 0 bridgehead atoms. The Kier molecular flexibility index (Phi) is 2.53. The maximum Gasteiger partial charge on any atom is 0.273 e. The number of fused-ring (bicyclic) bond motifs is 1. The van der Waals surface area contributed by atoms with Crippen molar-refractivity contribution in [2.24, 2.45) is 0 Å². The minimum absolute atomic E-state index is 0.256. The van der Waals surface area contributed by atoms with Crippen molar-refractivity contribution in [3.63, 3.8) is 0 Å². The second-order valence-corrected chi connectivity index (χ2v) is 3.77. The van der Waals surface area contributed by atoms with E-state index in [1.54, 1.807) is 0 Å². The fraction of sp³-hybridized carbons (Fsp3) is 0.0833. The van der Waals surface area contributed by atoms with Gasteiger partial charge < -0.3 is 14.8 Å². The molecule has 0 saturated carbocycles. The minimum atomic E-state index is -0.288. The molecule has 3 aromatic rings. The maximum atomic E-state index is 11.6. The topological polar surface area (TPSA) is 83.8 Å². The molecular formula is C12H10N4O2. The molecule has 0 unspecified atom stereocenters. The van der Waals surface area contributed by atoms with Gasteiger partial charge in [0.15, 0.2) is 5.69 Å². The van der Waals surface area contributed by atoms with Gasteiger partial charge in [0.1, 0.15) is 12.1 Å². The number of carbonyl (C=O) groups excluding carboxylic acids is 1. The first-order valence-corrected chi connectivity index (χ1v) is 5.45. The van der Waals surface area contributed by atoms with Crippen LogP contribution in [0.5, 0.6) is 0 Å². The van der Waals surface area contributed by atoms with E-state index in [4.69, 9.17) is 0 Å². The van der Waals surface area contributed by atoms with Crippen LogP contribution in [0.2, 0.25) is 0 Å². The Bertz CT molecular complexity index is 639. The van der Waals surface area contributed by atoms with Crippen molar-refractivity contribution in [2.45, 2.75) is 6.54 Å². The predicted octanol–water partition coefficient (Wildman–Crippen LogP) is 1.48. The van der Waals surface area contributed by atoms with Gasteiger partial charge in [-0.1, -0.05) is 17.3 Å². The van der Waals surface area contributed by atoms with Crippen LogP contribution in [0.15, 0.2) is 41.1 Å². The molecule has 6 heteroatoms. The van der Waals surface area contributed by atoms with Crippen molar-refractivity contribution >= 4 is 16.9 Å². The number of aromatic amines is 1. The normalized spacial score (nSPS) is 10.7. The average molecular weight is 242 g/mol. The Morgan fingerprint density at radius 1 is 1.33 bits per heavy atom. The summed E-state index contributed by atoms with van der Waals surface area (Å²) in [7, 11) is 0. The van der Waals surface area contributed by atoms with E-state index in [0.717, 1.165) is 11.0 Å². The van der Waals surface area contributed by atoms with Crippen molar-refractivity contribution < 1.29 is 9.32 Å². The second kappa shape index (κ2) is 4.33. The summed E-state index contributed by atoms with van der Waals surface area (Å²) in [5.41, 5.74) is 2.08. The van der Waals surface area contributed by atoms with E-state index in [-0.39, 0.29) is 11.6 Å². The summed E-state index contributed by atoms with van der Waals surface area (Å²) < 4.78 is 4.60. The first kappa shape index (κ1) is 10.5. The highest BCUT2D eigenvalue weighted by Crippen LogP contribution is 2.09. The first-order chi connectivity index (χ1) is 8.83. The summed E-state index contributed by atoms with van der Waals surface area (Å²) in [4.78, 5) is 19.1. The van der Waals surface area contributed by atoms with Crippen molar-refractivity contribution in [2.75, 3.05) is 0 Å². The molecule has 0 aliphatic carbocycles. The number of amides is 1. The van der Waals surface area contributed by atoms with Gasteiger partial charge in [0.05, 0.1) is 17.6 Å². The smallest absolute Gasteiger partial charge is 0.273 e. The molecule has 2 aromatic heterocycles. The molecule has 18 heavy (non-hydrogen) atoms. The monoisotopic (exact) mass is 242 g/mol. The number of hydrogen-bond acceptors (Lipinski definition) is 4. The number of rotatable bonds is 3. The standard InChI is InChI=1S/C12H10N4O2/c17-12(10-5-6-18-16-10)13-7-11-14-8-3-1-2-4-9(8)15-11/h1-6H,7H2,(H,13,17)(H,14,15). The van der Waals surface area contributed by atoms with Crippen LogP contribution in [0.25, 0.3) is 11.0 Å². The Hall–Kier alpha value is -2.63. The fourth-order valence-electron chi connectivity index (χ4n) is 1.67. The van der Waals surface area contributed by atoms with Crippen LogP contribution in [0.1, 0.15) is 16.3 Å². The summed E-state index contributed by atoms with van der Waals surface area (Å²) in [5, 5.41) is 6.26. The van der Waals surface area contributed by atoms with Crippen LogP contribution in [-0.4, -0.2) is 21.0 Å². The van der Waals surface area contributed by atoms with Gasteiger partial charge in [-0.15, -0.1) is 0 Å². The molecule has 0 aliphatic rings. The third-order valence-electron chi connectivity index (χ3n) is 2.53. The summed E-state index contributed by atoms with van der Waals surface area (Å²) in [5.74, 6) is 0.414. The maximum absolute atomic E-state index is 11.6. The lowest BCUT2D eigenvalue weighted by molar-refractivity contribution is 0.0941. The van der Waals surface area contributed by atoms with Crippen molar-refractivity contribution in [1.29, 1.82) is 0 Å². The third kappa shape index (κ3) is 1.95. The van der Waals surface area contributed by atoms with Crippen LogP contribution in [0, 0.1) is 0 Å². The summed E-state index contributed by atoms with van der Waals surface area (Å²) in [6.07, 6.45) is 1.36. The third-order valence-corrected chi connectivity index (χ3v) is 2.53. The van der Waals surface area contributed by atoms with Gasteiger partial charge in [0, 0.05) is 6.07 Å². The Morgan fingerprint density at radius 3 is 3.00 bits per heavy atom. The van der Waals surface area contributed by atoms with Gasteiger partial charge in [-0.05, 0) is 12.1 Å². The number of benzene rings is 1. The minimum Gasteiger partial charge on any atom is -0.364 e. The van der Waals surface area contributed by atoms with Gasteiger partial charge in [-0.3, -0.25) is 4.79 Å². The number of imidazole rings is 1. The molecular weight excluding hydrogens is 232 g/mol. The van der Waals surface area contributed by atoms with E-state index >= 15 is 0 Å². The zero-order valence-electron chi connectivity index (χ0n) is 9.38. The van der Waals surface area contributed by atoms with E-state index in [2.05, 4.69) is 25.0 Å². The van der Waals surface area contributed by atoms with E-state index in [1.807, 2.05) is 24.3 Å². The van der Waals surface area contributed by atoms with Crippen molar-refractivity contribution in [1.82, 2.24) is 20.4 Å². The molecule has 3 rings (SSSR count). The summed E-state index contributed by atoms with van der Waals surface area (Å²) in [6.45, 7) is 0.320. The Morgan fingerprint density at radius 2 is 2.22 bits per heavy atom. The molecule has 0 radical (unpaired) electrons. The molecule has 6 nitrogen and oxygen atoms in total. The van der Waals surface area contributed by atoms with Crippen LogP contribution in [-0.2, 0) is 6.54 Å². The van der Waals surface area contributed by atoms with Gasteiger partial charge in [-0.2, -0.15) is 0 Å². The molecule has 1 amide bonds. The van der Waals surface area contributed by atoms with Crippen LogP contribution >= 0.6 is 0 Å². The molecule has 0 spiro atoms. The molecule has 2 heterocycles. The SMILES string of the molecule is O=C(NCc1nc2ccccc2[nH]1)c1ccon1. The van der Waals surface area contributed by atoms with Gasteiger partial charge in [-0.25, -0.2) is 4.98 Å². The van der Waals surface area contributed by atoms with E-state index in [0.29, 0.717) is 12.4 Å². The van der Waals surface area contributed by atoms with E-state index in [9.17, 15) is 4.79 Å². The molecule has 0 atom stereocenters. The number of nitrogens with one attached hydrogen (secondary N) is 2. The zero-order chi connectivity index (χ0) is 12.4. The lowest BCUT2D eigenvalue weighted by Crippen LogP contribution is -2.23. The molecule has 90 valence electrons. The van der Waals surface area contributed by atoms with Crippen molar-refractivity contribution in [3.05, 3.63) is 48.1 Å².